The molecule has 11 nitrogen and oxygen atoms in total. The number of para-hydroxylation sites is 1. The Morgan fingerprint density at radius 1 is 1.11 bits per heavy atom. The molecule has 2 aromatic rings. The molecule has 2 aliphatic heterocycles. The highest BCUT2D eigenvalue weighted by Gasteiger charge is 2.37. The Labute approximate surface area is 259 Å². The fourth-order valence-electron chi connectivity index (χ4n) is 5.59. The Bertz CT molecular complexity index is 1330. The van der Waals surface area contributed by atoms with Gasteiger partial charge < -0.3 is 35.1 Å². The molecule has 2 heterocycles. The van der Waals surface area contributed by atoms with Crippen LogP contribution in [-0.2, 0) is 20.8 Å². The number of ether oxygens (including phenoxy) is 3. The quantitative estimate of drug-likeness (QED) is 0.373. The maximum Gasteiger partial charge on any atom is 0.255 e. The Hall–Kier alpha value is -4.28. The second-order valence-corrected chi connectivity index (χ2v) is 11.5. The van der Waals surface area contributed by atoms with Crippen LogP contribution in [-0.4, -0.2) is 80.1 Å². The molecule has 3 atom stereocenters. The van der Waals surface area contributed by atoms with Crippen LogP contribution >= 0.6 is 0 Å². The van der Waals surface area contributed by atoms with Crippen molar-refractivity contribution in [1.29, 1.82) is 0 Å². The van der Waals surface area contributed by atoms with Crippen LogP contribution in [0.3, 0.4) is 0 Å². The normalized spacial score (nSPS) is 20.9. The number of benzene rings is 2. The van der Waals surface area contributed by atoms with E-state index in [0.717, 1.165) is 18.4 Å². The first kappa shape index (κ1) is 32.6. The predicted molar refractivity (Wildman–Crippen MR) is 165 cm³/mol. The first-order valence-corrected chi connectivity index (χ1v) is 15.4. The molecule has 0 radical (unpaired) electrons. The van der Waals surface area contributed by atoms with Crippen molar-refractivity contribution >= 4 is 23.6 Å². The molecule has 0 spiro atoms. The smallest absolute Gasteiger partial charge is 0.255 e. The number of fused-ring (bicyclic) bond motifs is 2. The van der Waals surface area contributed by atoms with Gasteiger partial charge in [0.15, 0.2) is 11.5 Å². The standard InChI is InChI=1S/C33H44N4O7/c1-5-43-27-15-14-22(18-28(27)42-4)10-8-16-34-32(40)25-19-29(38)36-30(21(2)3)33(41)37-17-9-11-23(37)20-44-26-13-7-6-12-24(26)31(39)35-25/h6-7,12-15,18,21,23,25,30H,5,8-11,16-17,19-20H2,1-4H3,(H,34,40)(H,35,39)(H,36,38)/t23-,25-,30+/m0/s1. The van der Waals surface area contributed by atoms with E-state index in [9.17, 15) is 19.2 Å². The molecule has 2 aromatic carbocycles. The minimum absolute atomic E-state index is 0.165. The molecule has 4 amide bonds. The number of nitrogens with one attached hydrogen (secondary N) is 3. The summed E-state index contributed by atoms with van der Waals surface area (Å²) in [6.45, 7) is 7.30. The predicted octanol–water partition coefficient (Wildman–Crippen LogP) is 2.86. The molecule has 2 aliphatic rings. The van der Waals surface area contributed by atoms with E-state index >= 15 is 0 Å². The minimum atomic E-state index is -1.16. The number of hydrogen-bond acceptors (Lipinski definition) is 7. The molecule has 0 bridgehead atoms. The van der Waals surface area contributed by atoms with Gasteiger partial charge in [-0.3, -0.25) is 19.2 Å². The summed E-state index contributed by atoms with van der Waals surface area (Å²) < 4.78 is 17.1. The highest BCUT2D eigenvalue weighted by Crippen LogP contribution is 2.28. The van der Waals surface area contributed by atoms with E-state index in [1.54, 1.807) is 36.3 Å². The van der Waals surface area contributed by atoms with Crippen LogP contribution in [0.4, 0.5) is 0 Å². The van der Waals surface area contributed by atoms with Crippen molar-refractivity contribution in [2.75, 3.05) is 33.4 Å². The second-order valence-electron chi connectivity index (χ2n) is 11.5. The summed E-state index contributed by atoms with van der Waals surface area (Å²) >= 11 is 0. The fourth-order valence-corrected chi connectivity index (χ4v) is 5.59. The number of nitrogens with zero attached hydrogens (tertiary/aromatic N) is 1. The Morgan fingerprint density at radius 3 is 2.66 bits per heavy atom. The van der Waals surface area contributed by atoms with Gasteiger partial charge in [0.25, 0.3) is 5.91 Å². The van der Waals surface area contributed by atoms with E-state index in [2.05, 4.69) is 16.0 Å². The first-order chi connectivity index (χ1) is 21.2. The Balaban J connectivity index is 1.48. The van der Waals surface area contributed by atoms with Gasteiger partial charge in [-0.25, -0.2) is 0 Å². The van der Waals surface area contributed by atoms with Gasteiger partial charge in [0, 0.05) is 13.1 Å². The Morgan fingerprint density at radius 2 is 1.91 bits per heavy atom. The molecule has 0 unspecified atom stereocenters. The van der Waals surface area contributed by atoms with Crippen molar-refractivity contribution in [1.82, 2.24) is 20.9 Å². The molecule has 44 heavy (non-hydrogen) atoms. The SMILES string of the molecule is CCOc1ccc(CCCNC(=O)[C@@H]2CC(=O)N[C@H](C(C)C)C(=O)N3CCC[C@H]3COc3ccccc3C(=O)N2)cc1OC. The molecule has 11 heteroatoms. The maximum absolute atomic E-state index is 13.6. The lowest BCUT2D eigenvalue weighted by Crippen LogP contribution is -2.55. The average Bonchev–Trinajstić information content (AvgIpc) is 3.49. The minimum Gasteiger partial charge on any atom is -0.493 e. The van der Waals surface area contributed by atoms with Gasteiger partial charge in [-0.15, -0.1) is 0 Å². The average molecular weight is 609 g/mol. The van der Waals surface area contributed by atoms with E-state index in [1.807, 2.05) is 39.0 Å². The van der Waals surface area contributed by atoms with Crippen LogP contribution in [0.15, 0.2) is 42.5 Å². The zero-order valence-electron chi connectivity index (χ0n) is 26.0. The Kier molecular flexibility index (Phi) is 11.5. The van der Waals surface area contributed by atoms with Gasteiger partial charge in [-0.05, 0) is 68.4 Å². The van der Waals surface area contributed by atoms with Gasteiger partial charge in [0.2, 0.25) is 17.7 Å². The van der Waals surface area contributed by atoms with Gasteiger partial charge in [-0.1, -0.05) is 32.0 Å². The summed E-state index contributed by atoms with van der Waals surface area (Å²) in [7, 11) is 1.59. The first-order valence-electron chi connectivity index (χ1n) is 15.4. The van der Waals surface area contributed by atoms with E-state index < -0.39 is 29.8 Å². The number of hydrogen-bond donors (Lipinski definition) is 3. The lowest BCUT2D eigenvalue weighted by molar-refractivity contribution is -0.139. The molecule has 238 valence electrons. The number of carbonyl (C=O) groups is 4. The number of amides is 4. The van der Waals surface area contributed by atoms with E-state index in [4.69, 9.17) is 14.2 Å². The van der Waals surface area contributed by atoms with Crippen LogP contribution in [0.5, 0.6) is 17.2 Å². The molecule has 0 aromatic heterocycles. The number of methoxy groups -OCH3 is 1. The lowest BCUT2D eigenvalue weighted by Gasteiger charge is -2.32. The lowest BCUT2D eigenvalue weighted by atomic mass is 10.0. The number of rotatable bonds is 9. The van der Waals surface area contributed by atoms with E-state index in [0.29, 0.717) is 49.8 Å². The fraction of sp³-hybridized carbons (Fsp3) is 0.515. The molecule has 1 saturated heterocycles. The van der Waals surface area contributed by atoms with Crippen LogP contribution in [0, 0.1) is 5.92 Å². The van der Waals surface area contributed by atoms with Crippen molar-refractivity contribution in [3.05, 3.63) is 53.6 Å². The zero-order valence-corrected chi connectivity index (χ0v) is 26.0. The number of aryl methyl sites for hydroxylation is 1. The molecule has 0 aliphatic carbocycles. The van der Waals surface area contributed by atoms with E-state index in [1.165, 1.54) is 0 Å². The summed E-state index contributed by atoms with van der Waals surface area (Å²) in [5.41, 5.74) is 1.27. The summed E-state index contributed by atoms with van der Waals surface area (Å²) in [6, 6.07) is 10.4. The van der Waals surface area contributed by atoms with Crippen LogP contribution in [0.2, 0.25) is 0 Å². The molecule has 3 N–H and O–H groups in total. The highest BCUT2D eigenvalue weighted by atomic mass is 16.5. The van der Waals surface area contributed by atoms with Gasteiger partial charge in [0.1, 0.15) is 24.4 Å². The summed E-state index contributed by atoms with van der Waals surface area (Å²) in [5, 5.41) is 8.43. The summed E-state index contributed by atoms with van der Waals surface area (Å²) in [5.74, 6) is -0.172. The molecular formula is C33H44N4O7. The van der Waals surface area contributed by atoms with Crippen LogP contribution < -0.4 is 30.2 Å². The maximum atomic E-state index is 13.6. The van der Waals surface area contributed by atoms with Crippen molar-refractivity contribution in [3.8, 4) is 17.2 Å². The van der Waals surface area contributed by atoms with Crippen molar-refractivity contribution in [3.63, 3.8) is 0 Å². The van der Waals surface area contributed by atoms with Crippen molar-refractivity contribution in [2.24, 2.45) is 5.92 Å². The van der Waals surface area contributed by atoms with E-state index in [-0.39, 0.29) is 36.5 Å². The van der Waals surface area contributed by atoms with Gasteiger partial charge >= 0.3 is 0 Å². The largest absolute Gasteiger partial charge is 0.493 e. The molecule has 4 rings (SSSR count). The molecule has 0 saturated carbocycles. The third kappa shape index (κ3) is 8.21. The third-order valence-electron chi connectivity index (χ3n) is 7.95. The van der Waals surface area contributed by atoms with Crippen LogP contribution in [0.25, 0.3) is 0 Å². The second kappa shape index (κ2) is 15.4. The van der Waals surface area contributed by atoms with Gasteiger partial charge in [0.05, 0.1) is 31.7 Å². The molecular weight excluding hydrogens is 564 g/mol. The topological polar surface area (TPSA) is 135 Å². The monoisotopic (exact) mass is 608 g/mol. The highest BCUT2D eigenvalue weighted by molar-refractivity contribution is 6.01. The molecule has 1 fully saturated rings. The third-order valence-corrected chi connectivity index (χ3v) is 7.95. The number of carbonyl (C=O) groups excluding carboxylic acids is 4. The van der Waals surface area contributed by atoms with Gasteiger partial charge in [-0.2, -0.15) is 0 Å². The van der Waals surface area contributed by atoms with Crippen molar-refractivity contribution in [2.45, 2.75) is 71.0 Å². The van der Waals surface area contributed by atoms with Crippen molar-refractivity contribution < 1.29 is 33.4 Å². The van der Waals surface area contributed by atoms with Crippen LogP contribution in [0.1, 0.15) is 62.4 Å². The zero-order chi connectivity index (χ0) is 31.6. The summed E-state index contributed by atoms with van der Waals surface area (Å²) in [4.78, 5) is 55.4. The summed E-state index contributed by atoms with van der Waals surface area (Å²) in [6.07, 6.45) is 2.56.